The highest BCUT2D eigenvalue weighted by Gasteiger charge is 2.39. The average molecular weight is 457 g/mol. The van der Waals surface area contributed by atoms with Gasteiger partial charge in [0.1, 0.15) is 5.75 Å². The smallest absolute Gasteiger partial charge is 0.342 e. The molecule has 8 heteroatoms. The fraction of sp³-hybridized carbons (Fsp3) is 0.250. The van der Waals surface area contributed by atoms with Gasteiger partial charge in [-0.15, -0.1) is 0 Å². The number of nitrogens with one attached hydrogen (secondary N) is 1. The number of ether oxygens (including phenoxy) is 3. The lowest BCUT2D eigenvalue weighted by atomic mass is 9.80. The minimum absolute atomic E-state index is 0.0726. The van der Waals surface area contributed by atoms with Gasteiger partial charge in [-0.2, -0.15) is 0 Å². The van der Waals surface area contributed by atoms with Gasteiger partial charge in [-0.05, 0) is 30.7 Å². The maximum Gasteiger partial charge on any atom is 0.342 e. The lowest BCUT2D eigenvalue weighted by molar-refractivity contribution is -0.136. The second-order valence-electron chi connectivity index (χ2n) is 7.05. The Bertz CT molecular complexity index is 1050. The van der Waals surface area contributed by atoms with Crippen molar-refractivity contribution >= 4 is 23.5 Å². The molecule has 0 saturated heterocycles. The average Bonchev–Trinajstić information content (AvgIpc) is 2.79. The number of hydrogen-bond acceptors (Lipinski definition) is 7. The van der Waals surface area contributed by atoms with E-state index in [2.05, 4.69) is 5.32 Å². The zero-order chi connectivity index (χ0) is 23.1. The summed E-state index contributed by atoms with van der Waals surface area (Å²) in [6.07, 6.45) is 0. The molecule has 0 fully saturated rings. The third kappa shape index (κ3) is 5.19. The van der Waals surface area contributed by atoms with Crippen molar-refractivity contribution in [2.45, 2.75) is 12.8 Å². The first-order valence-corrected chi connectivity index (χ1v) is 10.4. The summed E-state index contributed by atoms with van der Waals surface area (Å²) in [5.41, 5.74) is 7.60. The summed E-state index contributed by atoms with van der Waals surface area (Å²) in [5.74, 6) is -1.65. The highest BCUT2D eigenvalue weighted by atomic mass is 35.5. The predicted octanol–water partition coefficient (Wildman–Crippen LogP) is 3.31. The van der Waals surface area contributed by atoms with Crippen molar-refractivity contribution in [3.63, 3.8) is 0 Å². The first-order valence-electron chi connectivity index (χ1n) is 10.1. The number of benzene rings is 2. The van der Waals surface area contributed by atoms with Gasteiger partial charge < -0.3 is 25.3 Å². The molecule has 0 spiro atoms. The van der Waals surface area contributed by atoms with Crippen LogP contribution in [0.15, 0.2) is 77.1 Å². The Kier molecular flexibility index (Phi) is 8.05. The second-order valence-corrected chi connectivity index (χ2v) is 7.45. The van der Waals surface area contributed by atoms with Crippen LogP contribution in [0.1, 0.15) is 18.4 Å². The van der Waals surface area contributed by atoms with Crippen LogP contribution in [0, 0.1) is 0 Å². The molecular weight excluding hydrogens is 432 g/mol. The van der Waals surface area contributed by atoms with Crippen LogP contribution in [0.3, 0.4) is 0 Å². The molecule has 0 aromatic heterocycles. The Morgan fingerprint density at radius 2 is 1.72 bits per heavy atom. The summed E-state index contributed by atoms with van der Waals surface area (Å²) < 4.78 is 16.3. The Morgan fingerprint density at radius 3 is 2.38 bits per heavy atom. The summed E-state index contributed by atoms with van der Waals surface area (Å²) in [7, 11) is 1.29. The molecule has 1 atom stereocenters. The maximum absolute atomic E-state index is 13.5. The summed E-state index contributed by atoms with van der Waals surface area (Å²) in [5, 5.41) is 3.53. The van der Waals surface area contributed by atoms with Gasteiger partial charge in [0, 0.05) is 17.3 Å². The molecule has 0 bridgehead atoms. The van der Waals surface area contributed by atoms with Crippen LogP contribution in [0.5, 0.6) is 5.75 Å². The van der Waals surface area contributed by atoms with Gasteiger partial charge in [0.15, 0.2) is 0 Å². The molecule has 7 nitrogen and oxygen atoms in total. The fourth-order valence-electron chi connectivity index (χ4n) is 3.56. The van der Waals surface area contributed by atoms with Crippen molar-refractivity contribution in [1.29, 1.82) is 0 Å². The zero-order valence-electron chi connectivity index (χ0n) is 17.9. The van der Waals surface area contributed by atoms with Crippen LogP contribution >= 0.6 is 11.6 Å². The number of carbonyl (C=O) groups excluding carboxylic acids is 2. The topological polar surface area (TPSA) is 99.9 Å². The molecule has 2 aromatic carbocycles. The van der Waals surface area contributed by atoms with Crippen LogP contribution in [-0.2, 0) is 19.1 Å². The third-order valence-electron chi connectivity index (χ3n) is 4.95. The van der Waals surface area contributed by atoms with Gasteiger partial charge in [0.2, 0.25) is 0 Å². The number of dihydropyridines is 1. The molecule has 1 aliphatic rings. The summed E-state index contributed by atoms with van der Waals surface area (Å²) in [4.78, 5) is 26.2. The Morgan fingerprint density at radius 1 is 1.03 bits per heavy atom. The van der Waals surface area contributed by atoms with Crippen molar-refractivity contribution in [2.75, 3.05) is 26.9 Å². The number of nitrogens with two attached hydrogens (primary N) is 1. The molecule has 0 amide bonds. The quantitative estimate of drug-likeness (QED) is 0.357. The van der Waals surface area contributed by atoms with E-state index in [4.69, 9.17) is 31.5 Å². The number of esters is 2. The standard InChI is InChI=1S/C24H25ClN2O5/c1-15-20(23(28)30-2)21(17-10-6-7-11-18(17)25)22(19(27-15)14-31-13-12-26)24(29)32-16-8-4-3-5-9-16/h3-11,21,27H,12-14,26H2,1-2H3. The van der Waals surface area contributed by atoms with E-state index in [1.54, 1.807) is 55.5 Å². The predicted molar refractivity (Wildman–Crippen MR) is 121 cm³/mol. The van der Waals surface area contributed by atoms with Gasteiger partial charge in [-0.3, -0.25) is 0 Å². The van der Waals surface area contributed by atoms with Gasteiger partial charge in [-0.1, -0.05) is 48.0 Å². The second kappa shape index (κ2) is 10.9. The maximum atomic E-state index is 13.5. The van der Waals surface area contributed by atoms with Crippen LogP contribution in [-0.4, -0.2) is 38.8 Å². The van der Waals surface area contributed by atoms with Crippen LogP contribution in [0.2, 0.25) is 5.02 Å². The van der Waals surface area contributed by atoms with Crippen LogP contribution < -0.4 is 15.8 Å². The number of halogens is 1. The molecule has 32 heavy (non-hydrogen) atoms. The van der Waals surface area contributed by atoms with E-state index in [-0.39, 0.29) is 17.8 Å². The first-order chi connectivity index (χ1) is 15.5. The van der Waals surface area contributed by atoms with Gasteiger partial charge >= 0.3 is 11.9 Å². The van der Waals surface area contributed by atoms with Crippen molar-refractivity contribution in [3.8, 4) is 5.75 Å². The minimum atomic E-state index is -0.815. The largest absolute Gasteiger partial charge is 0.466 e. The molecule has 3 rings (SSSR count). The molecule has 0 aliphatic carbocycles. The summed E-state index contributed by atoms with van der Waals surface area (Å²) in [6, 6.07) is 15.7. The van der Waals surface area contributed by atoms with Crippen molar-refractivity contribution in [2.24, 2.45) is 5.73 Å². The molecule has 3 N–H and O–H groups in total. The third-order valence-corrected chi connectivity index (χ3v) is 5.29. The molecule has 168 valence electrons. The normalized spacial score (nSPS) is 15.9. The molecule has 1 unspecified atom stereocenters. The minimum Gasteiger partial charge on any atom is -0.466 e. The molecule has 0 saturated carbocycles. The van der Waals surface area contributed by atoms with Crippen LogP contribution in [0.4, 0.5) is 0 Å². The van der Waals surface area contributed by atoms with E-state index in [9.17, 15) is 9.59 Å². The Labute approximate surface area is 191 Å². The first kappa shape index (κ1) is 23.5. The number of para-hydroxylation sites is 1. The van der Waals surface area contributed by atoms with E-state index in [1.165, 1.54) is 7.11 Å². The zero-order valence-corrected chi connectivity index (χ0v) is 18.6. The molecule has 0 radical (unpaired) electrons. The monoisotopic (exact) mass is 456 g/mol. The van der Waals surface area contributed by atoms with Gasteiger partial charge in [-0.25, -0.2) is 9.59 Å². The van der Waals surface area contributed by atoms with E-state index in [1.807, 2.05) is 6.07 Å². The highest BCUT2D eigenvalue weighted by molar-refractivity contribution is 6.31. The SMILES string of the molecule is COC(=O)C1=C(C)NC(COCCN)=C(C(=O)Oc2ccccc2)C1c1ccccc1Cl. The van der Waals surface area contributed by atoms with Gasteiger partial charge in [0.05, 0.1) is 43.1 Å². The Hall–Kier alpha value is -3.13. The molecular formula is C24H25ClN2O5. The molecule has 2 aromatic rings. The lowest BCUT2D eigenvalue weighted by Crippen LogP contribution is -2.35. The molecule has 1 heterocycles. The van der Waals surface area contributed by atoms with E-state index in [0.717, 1.165) is 0 Å². The number of carbonyl (C=O) groups is 2. The summed E-state index contributed by atoms with van der Waals surface area (Å²) in [6.45, 7) is 2.43. The van der Waals surface area contributed by atoms with Crippen molar-refractivity contribution in [1.82, 2.24) is 5.32 Å². The molecule has 1 aliphatic heterocycles. The fourth-order valence-corrected chi connectivity index (χ4v) is 3.81. The number of rotatable bonds is 8. The summed E-state index contributed by atoms with van der Waals surface area (Å²) >= 11 is 6.51. The number of hydrogen-bond donors (Lipinski definition) is 2. The number of methoxy groups -OCH3 is 1. The highest BCUT2D eigenvalue weighted by Crippen LogP contribution is 2.42. The lowest BCUT2D eigenvalue weighted by Gasteiger charge is -2.31. The van der Waals surface area contributed by atoms with Crippen LogP contribution in [0.25, 0.3) is 0 Å². The van der Waals surface area contributed by atoms with E-state index >= 15 is 0 Å². The number of allylic oxidation sites excluding steroid dienone is 1. The Balaban J connectivity index is 2.16. The van der Waals surface area contributed by atoms with Crippen molar-refractivity contribution in [3.05, 3.63) is 87.7 Å². The van der Waals surface area contributed by atoms with E-state index in [0.29, 0.717) is 40.9 Å². The van der Waals surface area contributed by atoms with Crippen molar-refractivity contribution < 1.29 is 23.8 Å². The van der Waals surface area contributed by atoms with E-state index < -0.39 is 17.9 Å². The van der Waals surface area contributed by atoms with Gasteiger partial charge in [0.25, 0.3) is 0 Å².